The molecule has 0 bridgehead atoms. The summed E-state index contributed by atoms with van der Waals surface area (Å²) in [5.41, 5.74) is 6.47. The number of halogens is 3. The Hall–Kier alpha value is -3.04. The van der Waals surface area contributed by atoms with Crippen LogP contribution in [0, 0.1) is 0 Å². The van der Waals surface area contributed by atoms with Crippen molar-refractivity contribution in [1.29, 1.82) is 0 Å². The number of nitrogens with zero attached hydrogens (tertiary/aromatic N) is 2. The molecular formula is C17H19F3N4O3. The number of nitrogens with one attached hydrogen (secondary N) is 1. The van der Waals surface area contributed by atoms with E-state index in [1.54, 1.807) is 0 Å². The van der Waals surface area contributed by atoms with Gasteiger partial charge in [0.1, 0.15) is 12.1 Å². The number of primary amides is 1. The molecule has 3 rings (SSSR count). The number of para-hydroxylation sites is 1. The molecule has 1 atom stereocenters. The third kappa shape index (κ3) is 6.65. The Morgan fingerprint density at radius 3 is 2.78 bits per heavy atom. The fraction of sp³-hybridized carbons (Fsp3) is 0.353. The lowest BCUT2D eigenvalue weighted by atomic mass is 10.2. The number of urea groups is 1. The average molecular weight is 384 g/mol. The largest absolute Gasteiger partial charge is 0.493 e. The predicted molar refractivity (Wildman–Crippen MR) is 90.2 cm³/mol. The maximum Gasteiger partial charge on any atom is 0.425 e. The van der Waals surface area contributed by atoms with E-state index in [4.69, 9.17) is 10.5 Å². The van der Waals surface area contributed by atoms with E-state index in [1.165, 1.54) is 11.6 Å². The highest BCUT2D eigenvalue weighted by atomic mass is 19.4. The lowest BCUT2D eigenvalue weighted by Gasteiger charge is -2.16. The quantitative estimate of drug-likeness (QED) is 0.844. The van der Waals surface area contributed by atoms with Gasteiger partial charge in [0, 0.05) is 12.5 Å². The molecule has 0 aliphatic carbocycles. The van der Waals surface area contributed by atoms with Gasteiger partial charge in [-0.2, -0.15) is 13.2 Å². The van der Waals surface area contributed by atoms with Crippen LogP contribution in [0.3, 0.4) is 0 Å². The first-order valence-corrected chi connectivity index (χ1v) is 8.04. The number of carbonyl (C=O) groups excluding carboxylic acids is 1. The number of benzene rings is 1. The van der Waals surface area contributed by atoms with Crippen LogP contribution in [0.1, 0.15) is 18.2 Å². The monoisotopic (exact) mass is 384 g/mol. The molecule has 2 heterocycles. The van der Waals surface area contributed by atoms with E-state index in [9.17, 15) is 18.0 Å². The number of ether oxygens (including phenoxy) is 2. The van der Waals surface area contributed by atoms with Crippen molar-refractivity contribution in [2.24, 2.45) is 5.73 Å². The minimum Gasteiger partial charge on any atom is -0.493 e. The van der Waals surface area contributed by atoms with Gasteiger partial charge in [0.15, 0.2) is 6.10 Å². The highest BCUT2D eigenvalue weighted by molar-refractivity contribution is 5.71. The third-order valence-corrected chi connectivity index (χ3v) is 3.50. The van der Waals surface area contributed by atoms with E-state index in [0.717, 1.165) is 32.0 Å². The van der Waals surface area contributed by atoms with Crippen molar-refractivity contribution in [3.05, 3.63) is 47.9 Å². The van der Waals surface area contributed by atoms with Crippen LogP contribution in [0.25, 0.3) is 0 Å². The minimum absolute atomic E-state index is 0.0192. The normalized spacial score (nSPS) is 13.5. The van der Waals surface area contributed by atoms with Gasteiger partial charge in [-0.3, -0.25) is 0 Å². The summed E-state index contributed by atoms with van der Waals surface area (Å²) in [6.07, 6.45) is -4.34. The molecule has 2 amide bonds. The molecule has 0 saturated heterocycles. The van der Waals surface area contributed by atoms with Gasteiger partial charge < -0.3 is 20.5 Å². The van der Waals surface area contributed by atoms with E-state index in [2.05, 4.69) is 26.1 Å². The van der Waals surface area contributed by atoms with E-state index in [-0.39, 0.29) is 18.1 Å². The molecule has 0 saturated carbocycles. The Bertz CT molecular complexity index is 748. The zero-order chi connectivity index (χ0) is 19.9. The summed E-state index contributed by atoms with van der Waals surface area (Å²) in [4.78, 5) is 17.7. The Kier molecular flexibility index (Phi) is 6.80. The van der Waals surface area contributed by atoms with Crippen molar-refractivity contribution >= 4 is 6.03 Å². The second-order valence-corrected chi connectivity index (χ2v) is 5.57. The molecule has 146 valence electrons. The van der Waals surface area contributed by atoms with Crippen molar-refractivity contribution in [3.63, 3.8) is 0 Å². The summed E-state index contributed by atoms with van der Waals surface area (Å²) < 4.78 is 46.6. The third-order valence-electron chi connectivity index (χ3n) is 3.50. The average Bonchev–Trinajstić information content (AvgIpc) is 3.09. The number of carbonyl (C=O) groups is 1. The molecule has 1 aromatic heterocycles. The summed E-state index contributed by atoms with van der Waals surface area (Å²) >= 11 is 0. The molecule has 0 fully saturated rings. The highest BCUT2D eigenvalue weighted by Crippen LogP contribution is 2.24. The van der Waals surface area contributed by atoms with E-state index >= 15 is 0 Å². The van der Waals surface area contributed by atoms with Gasteiger partial charge in [0.25, 0.3) is 0 Å². The molecule has 3 N–H and O–H groups in total. The molecule has 27 heavy (non-hydrogen) atoms. The lowest BCUT2D eigenvalue weighted by Crippen LogP contribution is -2.31. The molecule has 2 aromatic rings. The maximum absolute atomic E-state index is 12.2. The number of amides is 2. The fourth-order valence-corrected chi connectivity index (χ4v) is 2.09. The molecule has 1 unspecified atom stereocenters. The first kappa shape index (κ1) is 20.3. The van der Waals surface area contributed by atoms with Crippen molar-refractivity contribution < 1.29 is 27.4 Å². The summed E-state index contributed by atoms with van der Waals surface area (Å²) in [7, 11) is 0. The number of nitrogens with two attached hydrogens (primary N) is 1. The van der Waals surface area contributed by atoms with Crippen LogP contribution >= 0.6 is 0 Å². The van der Waals surface area contributed by atoms with E-state index < -0.39 is 18.3 Å². The summed E-state index contributed by atoms with van der Waals surface area (Å²) in [6, 6.07) is 8.61. The molecule has 10 heteroatoms. The standard InChI is InChI=1S/C9H11F3N4O2.C8H8O/c1-5(9(10,11)12)18-7-2-6(15-4-16-7)3-14-8(13)17;1-2-4-8-7(3-1)5-6-9-8/h2,4-5H,3H2,1H3,(H3,13,14,17);1-4H,5-6H2. The predicted octanol–water partition coefficient (Wildman–Crippen LogP) is 2.60. The number of fused-ring (bicyclic) bond motifs is 1. The Labute approximate surface area is 153 Å². The van der Waals surface area contributed by atoms with Crippen LogP contribution in [0.5, 0.6) is 11.6 Å². The molecule has 0 spiro atoms. The molecule has 1 aliphatic rings. The van der Waals surface area contributed by atoms with Crippen LogP contribution in [0.15, 0.2) is 36.7 Å². The molecule has 7 nitrogen and oxygen atoms in total. The topological polar surface area (TPSA) is 99.4 Å². The minimum atomic E-state index is -4.48. The fourth-order valence-electron chi connectivity index (χ4n) is 2.09. The van der Waals surface area contributed by atoms with Crippen molar-refractivity contribution in [2.75, 3.05) is 6.61 Å². The van der Waals surface area contributed by atoms with Crippen LogP contribution in [-0.4, -0.2) is 34.9 Å². The first-order chi connectivity index (χ1) is 12.8. The van der Waals surface area contributed by atoms with E-state index in [1.807, 2.05) is 18.2 Å². The van der Waals surface area contributed by atoms with Gasteiger partial charge in [-0.25, -0.2) is 14.8 Å². The second-order valence-electron chi connectivity index (χ2n) is 5.57. The van der Waals surface area contributed by atoms with Gasteiger partial charge in [-0.15, -0.1) is 0 Å². The van der Waals surface area contributed by atoms with Gasteiger partial charge in [-0.05, 0) is 18.6 Å². The smallest absolute Gasteiger partial charge is 0.425 e. The van der Waals surface area contributed by atoms with E-state index in [0.29, 0.717) is 0 Å². The Balaban J connectivity index is 0.000000239. The molecule has 1 aromatic carbocycles. The summed E-state index contributed by atoms with van der Waals surface area (Å²) in [6.45, 7) is 1.71. The Morgan fingerprint density at radius 1 is 1.37 bits per heavy atom. The van der Waals surface area contributed by atoms with Gasteiger partial charge >= 0.3 is 12.2 Å². The summed E-state index contributed by atoms with van der Waals surface area (Å²) in [5, 5.41) is 2.24. The van der Waals surface area contributed by atoms with Crippen molar-refractivity contribution in [2.45, 2.75) is 32.2 Å². The zero-order valence-electron chi connectivity index (χ0n) is 14.5. The van der Waals surface area contributed by atoms with Crippen LogP contribution in [-0.2, 0) is 13.0 Å². The van der Waals surface area contributed by atoms with Gasteiger partial charge in [0.05, 0.1) is 18.8 Å². The number of alkyl halides is 3. The molecule has 0 radical (unpaired) electrons. The van der Waals surface area contributed by atoms with Gasteiger partial charge in [0.2, 0.25) is 5.88 Å². The summed E-state index contributed by atoms with van der Waals surface area (Å²) in [5.74, 6) is 0.841. The lowest BCUT2D eigenvalue weighted by molar-refractivity contribution is -0.190. The first-order valence-electron chi connectivity index (χ1n) is 8.04. The number of rotatable bonds is 4. The Morgan fingerprint density at radius 2 is 2.11 bits per heavy atom. The van der Waals surface area contributed by atoms with Crippen LogP contribution < -0.4 is 20.5 Å². The SMILES string of the molecule is CC(Oc1cc(CNC(N)=O)ncn1)C(F)(F)F.c1ccc2c(c1)CCO2. The second kappa shape index (κ2) is 9.06. The zero-order valence-corrected chi connectivity index (χ0v) is 14.5. The van der Waals surface area contributed by atoms with Crippen molar-refractivity contribution in [3.8, 4) is 11.6 Å². The number of aromatic nitrogens is 2. The van der Waals surface area contributed by atoms with Crippen LogP contribution in [0.2, 0.25) is 0 Å². The van der Waals surface area contributed by atoms with Crippen LogP contribution in [0.4, 0.5) is 18.0 Å². The van der Waals surface area contributed by atoms with Crippen molar-refractivity contribution in [1.82, 2.24) is 15.3 Å². The number of hydrogen-bond acceptors (Lipinski definition) is 5. The molecular weight excluding hydrogens is 365 g/mol. The van der Waals surface area contributed by atoms with Gasteiger partial charge in [-0.1, -0.05) is 18.2 Å². The number of hydrogen-bond donors (Lipinski definition) is 2. The maximum atomic E-state index is 12.2. The molecule has 1 aliphatic heterocycles. The highest BCUT2D eigenvalue weighted by Gasteiger charge is 2.38.